The fraction of sp³-hybridized carbons (Fsp3) is 0.300. The van der Waals surface area contributed by atoms with Gasteiger partial charge in [-0.2, -0.15) is 20.2 Å². The molecule has 0 amide bonds. The largest absolute Gasteiger partial charge is 0.427 e. The van der Waals surface area contributed by atoms with Crippen LogP contribution in [0.15, 0.2) is 36.7 Å². The monoisotopic (exact) mass is 421 g/mol. The van der Waals surface area contributed by atoms with Crippen LogP contribution in [0.2, 0.25) is 0 Å². The lowest BCUT2D eigenvalue weighted by Gasteiger charge is -2.08. The maximum Gasteiger partial charge on any atom is 0.311 e. The Morgan fingerprint density at radius 3 is 2.58 bits per heavy atom. The zero-order valence-corrected chi connectivity index (χ0v) is 17.3. The van der Waals surface area contributed by atoms with Crippen LogP contribution in [-0.4, -0.2) is 47.0 Å². The molecular weight excluding hydrogens is 398 g/mol. The molecular formula is C20H23N9O2. The molecule has 0 saturated heterocycles. The molecule has 0 spiro atoms. The minimum Gasteiger partial charge on any atom is -0.427 e. The van der Waals surface area contributed by atoms with Crippen molar-refractivity contribution in [3.05, 3.63) is 42.2 Å². The summed E-state index contributed by atoms with van der Waals surface area (Å²) in [6.07, 6.45) is 5.06. The van der Waals surface area contributed by atoms with Gasteiger partial charge in [0.15, 0.2) is 17.0 Å². The van der Waals surface area contributed by atoms with E-state index in [1.54, 1.807) is 29.1 Å². The Balaban J connectivity index is 1.41. The Morgan fingerprint density at radius 2 is 1.87 bits per heavy atom. The van der Waals surface area contributed by atoms with E-state index in [1.807, 2.05) is 26.1 Å². The average molecular weight is 421 g/mol. The molecule has 3 aromatic heterocycles. The number of aryl methyl sites for hydroxylation is 1. The van der Waals surface area contributed by atoms with Crippen molar-refractivity contribution >= 4 is 28.9 Å². The number of carbonyl (C=O) groups excluding carboxylic acids is 1. The van der Waals surface area contributed by atoms with Crippen molar-refractivity contribution in [1.29, 1.82) is 0 Å². The summed E-state index contributed by atoms with van der Waals surface area (Å²) >= 11 is 0. The molecule has 4 rings (SSSR count). The molecule has 0 aliphatic rings. The highest BCUT2D eigenvalue weighted by molar-refractivity contribution is 5.84. The number of nitrogens with zero attached hydrogens (tertiary/aromatic N) is 7. The normalized spacial score (nSPS) is 11.0. The number of imidazole rings is 1. The van der Waals surface area contributed by atoms with Gasteiger partial charge in [-0.1, -0.05) is 19.1 Å². The van der Waals surface area contributed by atoms with Crippen molar-refractivity contribution in [2.24, 2.45) is 7.05 Å². The van der Waals surface area contributed by atoms with Crippen LogP contribution >= 0.6 is 0 Å². The number of aromatic nitrogens is 7. The molecule has 0 bridgehead atoms. The molecule has 0 saturated carbocycles. The van der Waals surface area contributed by atoms with E-state index in [-0.39, 0.29) is 11.8 Å². The molecule has 0 radical (unpaired) electrons. The highest BCUT2D eigenvalue weighted by Crippen LogP contribution is 2.21. The van der Waals surface area contributed by atoms with Gasteiger partial charge in [-0.25, -0.2) is 4.98 Å². The smallest absolute Gasteiger partial charge is 0.311 e. The highest BCUT2D eigenvalue weighted by Gasteiger charge is 2.16. The predicted octanol–water partition coefficient (Wildman–Crippen LogP) is 1.89. The van der Waals surface area contributed by atoms with E-state index in [1.165, 1.54) is 4.80 Å². The number of hydrogen-bond acceptors (Lipinski definition) is 9. The number of esters is 1. The summed E-state index contributed by atoms with van der Waals surface area (Å²) in [6, 6.07) is 7.45. The minimum atomic E-state index is -0.219. The van der Waals surface area contributed by atoms with E-state index in [2.05, 4.69) is 30.5 Å². The van der Waals surface area contributed by atoms with Gasteiger partial charge in [0.1, 0.15) is 5.75 Å². The molecule has 1 aromatic carbocycles. The first-order valence-electron chi connectivity index (χ1n) is 9.95. The van der Waals surface area contributed by atoms with Gasteiger partial charge in [0.2, 0.25) is 5.95 Å². The number of fused-ring (bicyclic) bond motifs is 1. The summed E-state index contributed by atoms with van der Waals surface area (Å²) in [4.78, 5) is 26.3. The second-order valence-corrected chi connectivity index (χ2v) is 6.94. The van der Waals surface area contributed by atoms with Gasteiger partial charge >= 0.3 is 5.97 Å². The maximum atomic E-state index is 11.6. The Hall–Kier alpha value is -4.02. The standard InChI is InChI=1S/C20H23N9O2/c1-3-4-15(30)31-14-7-5-13(6-8-14)9-10-22-19-26-17(21)16-18(27-19)28(2)20(25-16)29-23-11-12-24-29/h5-8,11-12H,3-4,9-10H2,1-2H3,(H3,21,22,26,27). The summed E-state index contributed by atoms with van der Waals surface area (Å²) in [7, 11) is 1.82. The maximum absolute atomic E-state index is 11.6. The molecule has 0 aliphatic carbocycles. The molecule has 0 fully saturated rings. The molecule has 160 valence electrons. The van der Waals surface area contributed by atoms with Crippen molar-refractivity contribution in [2.75, 3.05) is 17.6 Å². The van der Waals surface area contributed by atoms with E-state index in [4.69, 9.17) is 10.5 Å². The van der Waals surface area contributed by atoms with Crippen LogP contribution in [0.4, 0.5) is 11.8 Å². The Bertz CT molecular complexity index is 1180. The third-order valence-corrected chi connectivity index (χ3v) is 4.63. The average Bonchev–Trinajstić information content (AvgIpc) is 3.38. The van der Waals surface area contributed by atoms with Gasteiger partial charge in [0, 0.05) is 20.0 Å². The van der Waals surface area contributed by atoms with E-state index >= 15 is 0 Å². The lowest BCUT2D eigenvalue weighted by Crippen LogP contribution is -2.10. The highest BCUT2D eigenvalue weighted by atomic mass is 16.5. The number of nitrogen functional groups attached to an aromatic ring is 1. The van der Waals surface area contributed by atoms with Crippen molar-refractivity contribution in [2.45, 2.75) is 26.2 Å². The quantitative estimate of drug-likeness (QED) is 0.322. The summed E-state index contributed by atoms with van der Waals surface area (Å²) in [5.41, 5.74) is 8.26. The first-order valence-corrected chi connectivity index (χ1v) is 9.95. The number of nitrogens with one attached hydrogen (secondary N) is 1. The van der Waals surface area contributed by atoms with Crippen LogP contribution < -0.4 is 15.8 Å². The van der Waals surface area contributed by atoms with Crippen LogP contribution in [0.25, 0.3) is 17.1 Å². The molecule has 31 heavy (non-hydrogen) atoms. The Kier molecular flexibility index (Phi) is 5.74. The third-order valence-electron chi connectivity index (χ3n) is 4.63. The molecule has 0 aliphatic heterocycles. The van der Waals surface area contributed by atoms with E-state index in [0.29, 0.717) is 41.8 Å². The number of rotatable bonds is 8. The summed E-state index contributed by atoms with van der Waals surface area (Å²) in [5.74, 6) is 1.52. The molecule has 3 heterocycles. The van der Waals surface area contributed by atoms with Crippen molar-refractivity contribution in [3.63, 3.8) is 0 Å². The molecule has 3 N–H and O–H groups in total. The van der Waals surface area contributed by atoms with Gasteiger partial charge in [-0.05, 0) is 30.5 Å². The number of anilines is 2. The lowest BCUT2D eigenvalue weighted by molar-refractivity contribution is -0.134. The van der Waals surface area contributed by atoms with Crippen molar-refractivity contribution < 1.29 is 9.53 Å². The number of nitrogens with two attached hydrogens (primary N) is 1. The number of benzene rings is 1. The molecule has 0 atom stereocenters. The van der Waals surface area contributed by atoms with Crippen molar-refractivity contribution in [3.8, 4) is 11.7 Å². The predicted molar refractivity (Wildman–Crippen MR) is 115 cm³/mol. The second-order valence-electron chi connectivity index (χ2n) is 6.94. The van der Waals surface area contributed by atoms with Gasteiger partial charge in [0.25, 0.3) is 5.95 Å². The SMILES string of the molecule is CCCC(=O)Oc1ccc(CCNc2nc(N)c3nc(-n4nccn4)n(C)c3n2)cc1. The molecule has 4 aromatic rings. The number of carbonyl (C=O) groups is 1. The topological polar surface area (TPSA) is 139 Å². The van der Waals surface area contributed by atoms with E-state index in [0.717, 1.165) is 18.4 Å². The first-order chi connectivity index (χ1) is 15.0. The zero-order valence-electron chi connectivity index (χ0n) is 17.3. The molecule has 0 unspecified atom stereocenters. The Morgan fingerprint density at radius 1 is 1.13 bits per heavy atom. The minimum absolute atomic E-state index is 0.219. The number of hydrogen-bond donors (Lipinski definition) is 2. The summed E-state index contributed by atoms with van der Waals surface area (Å²) in [6.45, 7) is 2.54. The molecule has 11 nitrogen and oxygen atoms in total. The zero-order chi connectivity index (χ0) is 21.8. The van der Waals surface area contributed by atoms with Crippen LogP contribution in [-0.2, 0) is 18.3 Å². The van der Waals surface area contributed by atoms with Crippen molar-refractivity contribution in [1.82, 2.24) is 34.5 Å². The van der Waals surface area contributed by atoms with Gasteiger partial charge in [0.05, 0.1) is 12.4 Å². The fourth-order valence-electron chi connectivity index (χ4n) is 3.08. The summed E-state index contributed by atoms with van der Waals surface area (Å²) in [5, 5.41) is 11.4. The fourth-order valence-corrected chi connectivity index (χ4v) is 3.08. The third kappa shape index (κ3) is 4.44. The summed E-state index contributed by atoms with van der Waals surface area (Å²) < 4.78 is 7.03. The lowest BCUT2D eigenvalue weighted by atomic mass is 10.1. The number of ether oxygens (including phenoxy) is 1. The first kappa shape index (κ1) is 20.3. The molecule has 11 heteroatoms. The van der Waals surface area contributed by atoms with Gasteiger partial charge < -0.3 is 15.8 Å². The van der Waals surface area contributed by atoms with Crippen LogP contribution in [0.3, 0.4) is 0 Å². The van der Waals surface area contributed by atoms with Gasteiger partial charge in [-0.15, -0.1) is 4.80 Å². The van der Waals surface area contributed by atoms with Crippen LogP contribution in [0, 0.1) is 0 Å². The van der Waals surface area contributed by atoms with Crippen LogP contribution in [0.1, 0.15) is 25.3 Å². The van der Waals surface area contributed by atoms with E-state index in [9.17, 15) is 4.79 Å². The van der Waals surface area contributed by atoms with Crippen LogP contribution in [0.5, 0.6) is 5.75 Å². The van der Waals surface area contributed by atoms with E-state index < -0.39 is 0 Å². The second kappa shape index (κ2) is 8.78. The van der Waals surface area contributed by atoms with Gasteiger partial charge in [-0.3, -0.25) is 9.36 Å². The Labute approximate surface area is 178 Å².